The van der Waals surface area contributed by atoms with Gasteiger partial charge < -0.3 is 9.16 Å². The molecular weight excluding hydrogens is 196 g/mol. The molecular formula is C10H20O3Si. The van der Waals surface area contributed by atoms with Gasteiger partial charge >= 0.3 is 5.97 Å². The Labute approximate surface area is 87.2 Å². The Morgan fingerprint density at radius 3 is 2.43 bits per heavy atom. The first-order valence-corrected chi connectivity index (χ1v) is 8.23. The van der Waals surface area contributed by atoms with Crippen LogP contribution < -0.4 is 0 Å². The molecule has 0 spiro atoms. The first-order chi connectivity index (χ1) is 6.37. The first-order valence-electron chi connectivity index (χ1n) is 4.82. The van der Waals surface area contributed by atoms with E-state index in [1.165, 1.54) is 0 Å². The lowest BCUT2D eigenvalue weighted by atomic mass is 10.4. The molecule has 0 saturated carbocycles. The molecule has 0 rings (SSSR count). The van der Waals surface area contributed by atoms with Crippen molar-refractivity contribution in [3.05, 3.63) is 12.2 Å². The number of carbonyl (C=O) groups is 1. The highest BCUT2D eigenvalue weighted by Gasteiger charge is 2.23. The lowest BCUT2D eigenvalue weighted by molar-refractivity contribution is -0.150. The van der Waals surface area contributed by atoms with Crippen molar-refractivity contribution in [3.8, 4) is 0 Å². The number of allylic oxidation sites excluding steroid dienone is 1. The minimum absolute atomic E-state index is 0.287. The summed E-state index contributed by atoms with van der Waals surface area (Å²) in [5.74, 6) is -0.287. The largest absolute Gasteiger partial charge is 0.460 e. The maximum Gasteiger partial charge on any atom is 0.334 e. The van der Waals surface area contributed by atoms with Gasteiger partial charge in [-0.2, -0.15) is 0 Å². The van der Waals surface area contributed by atoms with Crippen LogP contribution in [0.25, 0.3) is 0 Å². The molecule has 0 aromatic carbocycles. The zero-order valence-corrected chi connectivity index (χ0v) is 10.7. The summed E-state index contributed by atoms with van der Waals surface area (Å²) in [6.45, 7) is 10.1. The van der Waals surface area contributed by atoms with Crippen LogP contribution in [0.2, 0.25) is 19.6 Å². The summed E-state index contributed by atoms with van der Waals surface area (Å²) >= 11 is 0. The summed E-state index contributed by atoms with van der Waals surface area (Å²) in [7, 11) is -1.65. The van der Waals surface area contributed by atoms with Crippen LogP contribution in [0.5, 0.6) is 0 Å². The molecule has 0 amide bonds. The van der Waals surface area contributed by atoms with Crippen molar-refractivity contribution in [2.24, 2.45) is 0 Å². The maximum atomic E-state index is 11.3. The van der Waals surface area contributed by atoms with E-state index in [1.54, 1.807) is 13.0 Å². The van der Waals surface area contributed by atoms with Crippen LogP contribution in [0.1, 0.15) is 13.8 Å². The Kier molecular flexibility index (Phi) is 5.72. The topological polar surface area (TPSA) is 35.5 Å². The molecule has 0 radical (unpaired) electrons. The van der Waals surface area contributed by atoms with Gasteiger partial charge in [-0.25, -0.2) is 4.79 Å². The molecule has 82 valence electrons. The van der Waals surface area contributed by atoms with Gasteiger partial charge in [0.1, 0.15) is 12.7 Å². The first kappa shape index (κ1) is 13.4. The van der Waals surface area contributed by atoms with Crippen LogP contribution in [-0.2, 0) is 14.0 Å². The Bertz CT molecular complexity index is 206. The van der Waals surface area contributed by atoms with E-state index in [-0.39, 0.29) is 5.97 Å². The molecule has 0 fully saturated rings. The second-order valence-corrected chi connectivity index (χ2v) is 8.53. The van der Waals surface area contributed by atoms with Gasteiger partial charge in [0.15, 0.2) is 8.32 Å². The van der Waals surface area contributed by atoms with Crippen LogP contribution in [0, 0.1) is 0 Å². The third kappa shape index (κ3) is 6.86. The highest BCUT2D eigenvalue weighted by Crippen LogP contribution is 2.08. The zero-order valence-electron chi connectivity index (χ0n) is 9.66. The third-order valence-corrected chi connectivity index (χ3v) is 2.48. The van der Waals surface area contributed by atoms with Crippen molar-refractivity contribution in [2.75, 3.05) is 6.61 Å². The minimum atomic E-state index is -1.65. The third-order valence-electron chi connectivity index (χ3n) is 1.42. The number of ether oxygens (including phenoxy) is 1. The molecule has 1 atom stereocenters. The lowest BCUT2D eigenvalue weighted by Crippen LogP contribution is -2.35. The molecule has 0 aromatic rings. The van der Waals surface area contributed by atoms with Crippen molar-refractivity contribution in [1.82, 2.24) is 0 Å². The minimum Gasteiger partial charge on any atom is -0.460 e. The molecule has 0 aliphatic rings. The number of rotatable bonds is 5. The number of esters is 1. The zero-order chi connectivity index (χ0) is 11.2. The smallest absolute Gasteiger partial charge is 0.334 e. The standard InChI is InChI=1S/C10H20O3Si/c1-6-7-8-12-10(11)9(2)13-14(3,4)5/h6-7,9H,8H2,1-5H3. The SMILES string of the molecule is CC=CCOC(=O)C(C)O[Si](C)(C)C. The van der Waals surface area contributed by atoms with E-state index in [9.17, 15) is 4.79 Å². The maximum absolute atomic E-state index is 11.3. The summed E-state index contributed by atoms with van der Waals surface area (Å²) in [6, 6.07) is 0. The highest BCUT2D eigenvalue weighted by molar-refractivity contribution is 6.69. The van der Waals surface area contributed by atoms with Crippen LogP contribution in [0.15, 0.2) is 12.2 Å². The second-order valence-electron chi connectivity index (χ2n) is 4.07. The van der Waals surface area contributed by atoms with E-state index in [4.69, 9.17) is 9.16 Å². The van der Waals surface area contributed by atoms with Gasteiger partial charge in [-0.3, -0.25) is 0 Å². The van der Waals surface area contributed by atoms with Crippen LogP contribution >= 0.6 is 0 Å². The van der Waals surface area contributed by atoms with Crippen molar-refractivity contribution in [1.29, 1.82) is 0 Å². The average molecular weight is 216 g/mol. The predicted octanol–water partition coefficient (Wildman–Crippen LogP) is 2.35. The molecule has 0 heterocycles. The van der Waals surface area contributed by atoms with Crippen molar-refractivity contribution in [2.45, 2.75) is 39.6 Å². The van der Waals surface area contributed by atoms with Gasteiger partial charge in [0, 0.05) is 0 Å². The van der Waals surface area contributed by atoms with E-state index < -0.39 is 14.4 Å². The Morgan fingerprint density at radius 1 is 1.43 bits per heavy atom. The van der Waals surface area contributed by atoms with E-state index in [2.05, 4.69) is 0 Å². The van der Waals surface area contributed by atoms with E-state index in [0.717, 1.165) is 0 Å². The van der Waals surface area contributed by atoms with Crippen molar-refractivity contribution >= 4 is 14.3 Å². The summed E-state index contributed by atoms with van der Waals surface area (Å²) in [4.78, 5) is 11.3. The van der Waals surface area contributed by atoms with Crippen LogP contribution in [-0.4, -0.2) is 27.0 Å². The second kappa shape index (κ2) is 5.98. The summed E-state index contributed by atoms with van der Waals surface area (Å²) in [5.41, 5.74) is 0. The molecule has 0 saturated heterocycles. The monoisotopic (exact) mass is 216 g/mol. The molecule has 0 aromatic heterocycles. The van der Waals surface area contributed by atoms with Gasteiger partial charge in [-0.15, -0.1) is 0 Å². The Morgan fingerprint density at radius 2 is 2.00 bits per heavy atom. The quantitative estimate of drug-likeness (QED) is 0.402. The summed E-state index contributed by atoms with van der Waals surface area (Å²) in [5, 5.41) is 0. The van der Waals surface area contributed by atoms with E-state index in [0.29, 0.717) is 6.61 Å². The van der Waals surface area contributed by atoms with Crippen LogP contribution in [0.4, 0.5) is 0 Å². The lowest BCUT2D eigenvalue weighted by Gasteiger charge is -2.21. The van der Waals surface area contributed by atoms with E-state index >= 15 is 0 Å². The molecule has 0 N–H and O–H groups in total. The fourth-order valence-corrected chi connectivity index (χ4v) is 2.08. The molecule has 4 heteroatoms. The summed E-state index contributed by atoms with van der Waals surface area (Å²) < 4.78 is 10.5. The van der Waals surface area contributed by atoms with Gasteiger partial charge in [0.05, 0.1) is 0 Å². The van der Waals surface area contributed by atoms with Gasteiger partial charge in [0.25, 0.3) is 0 Å². The predicted molar refractivity (Wildman–Crippen MR) is 59.7 cm³/mol. The van der Waals surface area contributed by atoms with E-state index in [1.807, 2.05) is 32.6 Å². The Hall–Kier alpha value is -0.613. The molecule has 14 heavy (non-hydrogen) atoms. The fourth-order valence-electron chi connectivity index (χ4n) is 0.922. The molecule has 0 aliphatic carbocycles. The van der Waals surface area contributed by atoms with Crippen molar-refractivity contribution < 1.29 is 14.0 Å². The van der Waals surface area contributed by atoms with Gasteiger partial charge in [0.2, 0.25) is 0 Å². The van der Waals surface area contributed by atoms with Gasteiger partial charge in [-0.05, 0) is 33.5 Å². The number of hydrogen-bond donors (Lipinski definition) is 0. The molecule has 0 bridgehead atoms. The van der Waals surface area contributed by atoms with Crippen molar-refractivity contribution in [3.63, 3.8) is 0 Å². The molecule has 1 unspecified atom stereocenters. The molecule has 3 nitrogen and oxygen atoms in total. The number of hydrogen-bond acceptors (Lipinski definition) is 3. The molecule has 0 aliphatic heterocycles. The van der Waals surface area contributed by atoms with Crippen LogP contribution in [0.3, 0.4) is 0 Å². The normalized spacial score (nSPS) is 14.4. The Balaban J connectivity index is 3.88. The average Bonchev–Trinajstić information content (AvgIpc) is 2.01. The highest BCUT2D eigenvalue weighted by atomic mass is 28.4. The van der Waals surface area contributed by atoms with Gasteiger partial charge in [-0.1, -0.05) is 12.2 Å². The fraction of sp³-hybridized carbons (Fsp3) is 0.700. The number of carbonyl (C=O) groups excluding carboxylic acids is 1. The summed E-state index contributed by atoms with van der Waals surface area (Å²) in [6.07, 6.45) is 3.18.